The summed E-state index contributed by atoms with van der Waals surface area (Å²) in [6, 6.07) is 0. The lowest BCUT2D eigenvalue weighted by atomic mass is 9.39. The van der Waals surface area contributed by atoms with Crippen LogP contribution in [0.5, 0.6) is 0 Å². The normalized spacial score (nSPS) is 32.2. The Labute approximate surface area is 136 Å². The fourth-order valence-electron chi connectivity index (χ4n) is 4.17. The molecule has 1 aromatic heterocycles. The van der Waals surface area contributed by atoms with E-state index in [4.69, 9.17) is 5.73 Å². The number of anilines is 1. The number of nitrogens with zero attached hydrogens (tertiary/aromatic N) is 4. The highest BCUT2D eigenvalue weighted by Gasteiger charge is 2.70. The van der Waals surface area contributed by atoms with Gasteiger partial charge >= 0.3 is 6.18 Å². The van der Waals surface area contributed by atoms with Crippen LogP contribution in [0.4, 0.5) is 19.1 Å². The largest absolute Gasteiger partial charge is 0.419 e. The summed E-state index contributed by atoms with van der Waals surface area (Å²) < 4.78 is 37.6. The van der Waals surface area contributed by atoms with Crippen molar-refractivity contribution in [3.8, 4) is 0 Å². The van der Waals surface area contributed by atoms with E-state index < -0.39 is 11.7 Å². The molecule has 1 saturated heterocycles. The first-order chi connectivity index (χ1) is 11.2. The molecule has 1 amide bonds. The van der Waals surface area contributed by atoms with Gasteiger partial charge in [-0.15, -0.1) is 0 Å². The van der Waals surface area contributed by atoms with Crippen LogP contribution in [0.2, 0.25) is 0 Å². The van der Waals surface area contributed by atoms with E-state index in [9.17, 15) is 18.0 Å². The first-order valence-electron chi connectivity index (χ1n) is 7.93. The van der Waals surface area contributed by atoms with E-state index in [0.29, 0.717) is 26.2 Å². The lowest BCUT2D eigenvalue weighted by Gasteiger charge is -2.68. The molecule has 0 spiro atoms. The minimum Gasteiger partial charge on any atom is -0.339 e. The molecule has 0 unspecified atom stereocenters. The van der Waals surface area contributed by atoms with Gasteiger partial charge in [0.1, 0.15) is 0 Å². The van der Waals surface area contributed by atoms with Gasteiger partial charge in [0.05, 0.1) is 11.0 Å². The van der Waals surface area contributed by atoms with E-state index in [0.717, 1.165) is 31.7 Å². The van der Waals surface area contributed by atoms with Crippen LogP contribution in [-0.2, 0) is 11.0 Å². The van der Waals surface area contributed by atoms with Crippen molar-refractivity contribution in [3.05, 3.63) is 18.0 Å². The lowest BCUT2D eigenvalue weighted by Crippen LogP contribution is -2.77. The smallest absolute Gasteiger partial charge is 0.339 e. The number of carbonyl (C=O) groups is 1. The van der Waals surface area contributed by atoms with Crippen molar-refractivity contribution in [3.63, 3.8) is 0 Å². The standard InChI is InChI=1S/C15H18F3N5O/c16-15(17,18)10-5-20-12(21-6-10)23-3-1-22(2-4-23)11(24)13-7-14(19,8-13)9-13/h5-6H,1-4,7-9,19H2. The fourth-order valence-corrected chi connectivity index (χ4v) is 4.17. The molecule has 2 N–H and O–H groups in total. The molecular formula is C15H18F3N5O. The van der Waals surface area contributed by atoms with Gasteiger partial charge in [-0.1, -0.05) is 0 Å². The summed E-state index contributed by atoms with van der Waals surface area (Å²) in [7, 11) is 0. The summed E-state index contributed by atoms with van der Waals surface area (Å²) in [6.07, 6.45) is -0.513. The summed E-state index contributed by atoms with van der Waals surface area (Å²) in [5.74, 6) is 0.435. The Hall–Kier alpha value is -1.90. The van der Waals surface area contributed by atoms with Crippen molar-refractivity contribution in [2.45, 2.75) is 31.0 Å². The molecule has 6 nitrogen and oxygen atoms in total. The topological polar surface area (TPSA) is 75.4 Å². The van der Waals surface area contributed by atoms with Crippen LogP contribution in [0, 0.1) is 5.41 Å². The molecule has 3 saturated carbocycles. The van der Waals surface area contributed by atoms with Gasteiger partial charge in [-0.3, -0.25) is 4.79 Å². The van der Waals surface area contributed by atoms with Gasteiger partial charge < -0.3 is 15.5 Å². The van der Waals surface area contributed by atoms with Crippen LogP contribution in [0.3, 0.4) is 0 Å². The summed E-state index contributed by atoms with van der Waals surface area (Å²) >= 11 is 0. The third-order valence-electron chi connectivity index (χ3n) is 5.34. The van der Waals surface area contributed by atoms with Gasteiger partial charge in [-0.25, -0.2) is 9.97 Å². The molecule has 2 heterocycles. The number of nitrogens with two attached hydrogens (primary N) is 1. The maximum atomic E-state index is 12.6. The zero-order chi connectivity index (χ0) is 17.2. The highest BCUT2D eigenvalue weighted by atomic mass is 19.4. The van der Waals surface area contributed by atoms with E-state index >= 15 is 0 Å². The van der Waals surface area contributed by atoms with Crippen LogP contribution in [0.1, 0.15) is 24.8 Å². The van der Waals surface area contributed by atoms with Crippen molar-refractivity contribution >= 4 is 11.9 Å². The van der Waals surface area contributed by atoms with Crippen molar-refractivity contribution in [1.29, 1.82) is 0 Å². The monoisotopic (exact) mass is 341 g/mol. The highest BCUT2D eigenvalue weighted by molar-refractivity contribution is 5.87. The fraction of sp³-hybridized carbons (Fsp3) is 0.667. The number of rotatable bonds is 2. The number of piperazine rings is 1. The third-order valence-corrected chi connectivity index (χ3v) is 5.34. The van der Waals surface area contributed by atoms with Gasteiger partial charge in [-0.05, 0) is 19.3 Å². The summed E-state index contributed by atoms with van der Waals surface area (Å²) in [5.41, 5.74) is 4.80. The Morgan fingerprint density at radius 1 is 1.08 bits per heavy atom. The minimum atomic E-state index is -4.44. The number of aromatic nitrogens is 2. The maximum absolute atomic E-state index is 12.6. The molecule has 9 heteroatoms. The number of carbonyl (C=O) groups excluding carboxylic acids is 1. The van der Waals surface area contributed by atoms with Crippen molar-refractivity contribution in [2.24, 2.45) is 11.1 Å². The Bertz CT molecular complexity index is 647. The van der Waals surface area contributed by atoms with Gasteiger partial charge in [-0.2, -0.15) is 13.2 Å². The summed E-state index contributed by atoms with van der Waals surface area (Å²) in [4.78, 5) is 23.8. The zero-order valence-electron chi connectivity index (χ0n) is 13.0. The SMILES string of the molecule is NC12CC(C(=O)N3CCN(c4ncc(C(F)(F)F)cn4)CC3)(C1)C2. The molecule has 2 bridgehead atoms. The van der Waals surface area contributed by atoms with Gasteiger partial charge in [0.25, 0.3) is 0 Å². The minimum absolute atomic E-state index is 0.106. The molecule has 130 valence electrons. The molecule has 24 heavy (non-hydrogen) atoms. The second-order valence-electron chi connectivity index (χ2n) is 7.22. The Morgan fingerprint density at radius 3 is 2.08 bits per heavy atom. The molecule has 4 fully saturated rings. The number of halogens is 3. The molecule has 0 atom stereocenters. The van der Waals surface area contributed by atoms with E-state index in [-0.39, 0.29) is 22.8 Å². The molecule has 1 aliphatic heterocycles. The van der Waals surface area contributed by atoms with Crippen molar-refractivity contribution in [2.75, 3.05) is 31.1 Å². The van der Waals surface area contributed by atoms with E-state index in [1.165, 1.54) is 0 Å². The Morgan fingerprint density at radius 2 is 1.62 bits per heavy atom. The predicted octanol–water partition coefficient (Wildman–Crippen LogP) is 1.03. The van der Waals surface area contributed by atoms with Crippen LogP contribution < -0.4 is 10.6 Å². The maximum Gasteiger partial charge on any atom is 0.419 e. The molecular weight excluding hydrogens is 323 g/mol. The summed E-state index contributed by atoms with van der Waals surface area (Å²) in [6.45, 7) is 2.09. The van der Waals surface area contributed by atoms with Gasteiger partial charge in [0, 0.05) is 44.1 Å². The summed E-state index contributed by atoms with van der Waals surface area (Å²) in [5, 5.41) is 0. The molecule has 5 rings (SSSR count). The highest BCUT2D eigenvalue weighted by Crippen LogP contribution is 2.66. The van der Waals surface area contributed by atoms with E-state index in [2.05, 4.69) is 9.97 Å². The third kappa shape index (κ3) is 2.33. The average molecular weight is 341 g/mol. The molecule has 0 radical (unpaired) electrons. The second-order valence-corrected chi connectivity index (χ2v) is 7.22. The lowest BCUT2D eigenvalue weighted by molar-refractivity contribution is -0.184. The average Bonchev–Trinajstić information content (AvgIpc) is 2.50. The Balaban J connectivity index is 1.35. The van der Waals surface area contributed by atoms with Crippen LogP contribution in [0.25, 0.3) is 0 Å². The van der Waals surface area contributed by atoms with Crippen LogP contribution in [-0.4, -0.2) is 52.5 Å². The van der Waals surface area contributed by atoms with Crippen molar-refractivity contribution in [1.82, 2.24) is 14.9 Å². The second kappa shape index (κ2) is 4.81. The zero-order valence-corrected chi connectivity index (χ0v) is 13.0. The first-order valence-corrected chi connectivity index (χ1v) is 7.93. The predicted molar refractivity (Wildman–Crippen MR) is 79.0 cm³/mol. The van der Waals surface area contributed by atoms with E-state index in [1.54, 1.807) is 4.90 Å². The quantitative estimate of drug-likeness (QED) is 0.869. The van der Waals surface area contributed by atoms with Gasteiger partial charge in [0.15, 0.2) is 0 Å². The van der Waals surface area contributed by atoms with Crippen LogP contribution >= 0.6 is 0 Å². The number of alkyl halides is 3. The van der Waals surface area contributed by atoms with Crippen molar-refractivity contribution < 1.29 is 18.0 Å². The number of hydrogen-bond acceptors (Lipinski definition) is 5. The van der Waals surface area contributed by atoms with Crippen LogP contribution in [0.15, 0.2) is 12.4 Å². The molecule has 0 aromatic carbocycles. The van der Waals surface area contributed by atoms with E-state index in [1.807, 2.05) is 4.90 Å². The first kappa shape index (κ1) is 15.6. The van der Waals surface area contributed by atoms with Gasteiger partial charge in [0.2, 0.25) is 11.9 Å². The molecule has 1 aromatic rings. The Kier molecular flexibility index (Phi) is 3.13. The number of hydrogen-bond donors (Lipinski definition) is 1. The molecule has 3 aliphatic carbocycles. The molecule has 4 aliphatic rings. The number of amides is 1.